The number of rotatable bonds is 5. The van der Waals surface area contributed by atoms with Crippen LogP contribution in [0, 0.1) is 12.3 Å². The number of aryl methyl sites for hydroxylation is 1. The first kappa shape index (κ1) is 14.8. The Bertz CT molecular complexity index is 557. The lowest BCUT2D eigenvalue weighted by atomic mass is 9.62. The van der Waals surface area contributed by atoms with Gasteiger partial charge in [-0.25, -0.2) is 0 Å². The minimum atomic E-state index is 0.247. The number of hydrogen-bond acceptors (Lipinski definition) is 0. The molecule has 0 N–H and O–H groups in total. The molecule has 0 spiro atoms. The van der Waals surface area contributed by atoms with Crippen LogP contribution in [0.5, 0.6) is 0 Å². The third kappa shape index (κ3) is 2.65. The molecule has 0 bridgehead atoms. The normalized spacial score (nSPS) is 22.8. The zero-order valence-electron chi connectivity index (χ0n) is 13.2. The first-order valence-electron chi connectivity index (χ1n) is 7.77. The zero-order chi connectivity index (χ0) is 14.6. The first-order valence-corrected chi connectivity index (χ1v) is 7.77. The molecule has 1 unspecified atom stereocenters. The fourth-order valence-electron chi connectivity index (χ4n) is 3.18. The number of allylic oxidation sites excluding steroid dienone is 6. The van der Waals surface area contributed by atoms with Crippen molar-refractivity contribution >= 4 is 5.57 Å². The van der Waals surface area contributed by atoms with E-state index < -0.39 is 0 Å². The molecular weight excluding hydrogens is 240 g/mol. The van der Waals surface area contributed by atoms with Gasteiger partial charge < -0.3 is 0 Å². The van der Waals surface area contributed by atoms with Crippen LogP contribution in [0.2, 0.25) is 0 Å². The summed E-state index contributed by atoms with van der Waals surface area (Å²) in [7, 11) is 0. The smallest absolute Gasteiger partial charge is 0.0175 e. The summed E-state index contributed by atoms with van der Waals surface area (Å²) in [6.45, 7) is 8.86. The van der Waals surface area contributed by atoms with Gasteiger partial charge in [-0.3, -0.25) is 0 Å². The van der Waals surface area contributed by atoms with Crippen molar-refractivity contribution in [2.24, 2.45) is 5.41 Å². The maximum absolute atomic E-state index is 2.51. The van der Waals surface area contributed by atoms with Crippen LogP contribution in [-0.2, 0) is 0 Å². The second-order valence-corrected chi connectivity index (χ2v) is 5.76. The summed E-state index contributed by atoms with van der Waals surface area (Å²) in [4.78, 5) is 0. The van der Waals surface area contributed by atoms with Crippen molar-refractivity contribution in [2.75, 3.05) is 0 Å². The van der Waals surface area contributed by atoms with Gasteiger partial charge in [0.05, 0.1) is 0 Å². The van der Waals surface area contributed by atoms with Gasteiger partial charge in [-0.15, -0.1) is 0 Å². The average molecular weight is 266 g/mol. The van der Waals surface area contributed by atoms with E-state index in [1.165, 1.54) is 36.0 Å². The van der Waals surface area contributed by atoms with Crippen molar-refractivity contribution < 1.29 is 0 Å². The fourth-order valence-corrected chi connectivity index (χ4v) is 3.18. The van der Waals surface area contributed by atoms with Crippen LogP contribution in [0.4, 0.5) is 0 Å². The van der Waals surface area contributed by atoms with E-state index in [9.17, 15) is 0 Å². The van der Waals surface area contributed by atoms with Gasteiger partial charge in [-0.05, 0) is 49.8 Å². The first-order chi connectivity index (χ1) is 9.66. The topological polar surface area (TPSA) is 0 Å². The predicted molar refractivity (Wildman–Crippen MR) is 89.7 cm³/mol. The molecule has 0 aromatic heterocycles. The Morgan fingerprint density at radius 2 is 1.95 bits per heavy atom. The largest absolute Gasteiger partial charge is 0.0877 e. The summed E-state index contributed by atoms with van der Waals surface area (Å²) >= 11 is 0. The van der Waals surface area contributed by atoms with Crippen molar-refractivity contribution in [1.29, 1.82) is 0 Å². The van der Waals surface area contributed by atoms with E-state index in [0.29, 0.717) is 0 Å². The third-order valence-electron chi connectivity index (χ3n) is 4.53. The van der Waals surface area contributed by atoms with E-state index in [-0.39, 0.29) is 5.41 Å². The van der Waals surface area contributed by atoms with Crippen LogP contribution < -0.4 is 0 Å². The molecule has 106 valence electrons. The van der Waals surface area contributed by atoms with Crippen molar-refractivity contribution in [1.82, 2.24) is 0 Å². The van der Waals surface area contributed by atoms with E-state index in [2.05, 4.69) is 76.3 Å². The van der Waals surface area contributed by atoms with Gasteiger partial charge in [0.2, 0.25) is 0 Å². The van der Waals surface area contributed by atoms with E-state index >= 15 is 0 Å². The Morgan fingerprint density at radius 3 is 2.50 bits per heavy atom. The zero-order valence-corrected chi connectivity index (χ0v) is 13.2. The molecular formula is C20H26. The molecule has 0 nitrogen and oxygen atoms in total. The highest BCUT2D eigenvalue weighted by molar-refractivity contribution is 5.77. The molecule has 1 aromatic carbocycles. The molecule has 1 atom stereocenters. The predicted octanol–water partition coefficient (Wildman–Crippen LogP) is 6.09. The van der Waals surface area contributed by atoms with Crippen LogP contribution in [0.1, 0.15) is 51.2 Å². The van der Waals surface area contributed by atoms with Crippen molar-refractivity contribution in [3.8, 4) is 0 Å². The lowest BCUT2D eigenvalue weighted by Crippen LogP contribution is -2.28. The molecule has 2 rings (SSSR count). The minimum Gasteiger partial charge on any atom is -0.0877 e. The van der Waals surface area contributed by atoms with Crippen LogP contribution in [-0.4, -0.2) is 0 Å². The molecule has 0 amide bonds. The standard InChI is InChI=1S/C20H26/c1-5-8-13-19(18-12-10-9-11-16(18)4)20(7-3)14-17(6-2)15-20/h5,8-14H,6-7,15H2,1-4H3/b8-5-,19-13-. The van der Waals surface area contributed by atoms with Crippen LogP contribution in [0.15, 0.2) is 54.1 Å². The summed E-state index contributed by atoms with van der Waals surface area (Å²) in [5, 5.41) is 0. The fraction of sp³-hybridized carbons (Fsp3) is 0.400. The van der Waals surface area contributed by atoms with Crippen LogP contribution in [0.25, 0.3) is 5.57 Å². The molecule has 0 saturated heterocycles. The quantitative estimate of drug-likeness (QED) is 0.447. The summed E-state index contributed by atoms with van der Waals surface area (Å²) in [6.07, 6.45) is 12.7. The van der Waals surface area contributed by atoms with E-state index in [0.717, 1.165) is 0 Å². The molecule has 1 aromatic rings. The molecule has 0 heteroatoms. The number of hydrogen-bond donors (Lipinski definition) is 0. The Balaban J connectivity index is 2.50. The Labute approximate surface area is 123 Å². The summed E-state index contributed by atoms with van der Waals surface area (Å²) < 4.78 is 0. The molecule has 0 fully saturated rings. The van der Waals surface area contributed by atoms with E-state index in [1.54, 1.807) is 5.57 Å². The lowest BCUT2D eigenvalue weighted by molar-refractivity contribution is 0.425. The SMILES string of the molecule is C/C=C\C=C(\c1ccccc1C)C1(CC)C=C(CC)C1. The molecule has 1 aliphatic carbocycles. The minimum absolute atomic E-state index is 0.247. The second-order valence-electron chi connectivity index (χ2n) is 5.76. The van der Waals surface area contributed by atoms with E-state index in [4.69, 9.17) is 0 Å². The van der Waals surface area contributed by atoms with Gasteiger partial charge in [0.15, 0.2) is 0 Å². The van der Waals surface area contributed by atoms with Crippen molar-refractivity contribution in [3.63, 3.8) is 0 Å². The maximum Gasteiger partial charge on any atom is 0.0175 e. The number of benzene rings is 1. The Hall–Kier alpha value is -1.56. The van der Waals surface area contributed by atoms with Crippen LogP contribution >= 0.6 is 0 Å². The van der Waals surface area contributed by atoms with Crippen molar-refractivity contribution in [2.45, 2.75) is 47.0 Å². The average Bonchev–Trinajstić information content (AvgIpc) is 2.42. The lowest BCUT2D eigenvalue weighted by Gasteiger charge is -2.42. The highest BCUT2D eigenvalue weighted by Crippen LogP contribution is 2.52. The second kappa shape index (κ2) is 6.26. The summed E-state index contributed by atoms with van der Waals surface area (Å²) in [6, 6.07) is 8.75. The molecule has 1 aliphatic rings. The monoisotopic (exact) mass is 266 g/mol. The van der Waals surface area contributed by atoms with Gasteiger partial charge >= 0.3 is 0 Å². The molecule has 0 radical (unpaired) electrons. The summed E-state index contributed by atoms with van der Waals surface area (Å²) in [5.41, 5.74) is 6.10. The Kier molecular flexibility index (Phi) is 4.65. The van der Waals surface area contributed by atoms with Gasteiger partial charge in [-0.2, -0.15) is 0 Å². The van der Waals surface area contributed by atoms with Crippen molar-refractivity contribution in [3.05, 3.63) is 65.3 Å². The third-order valence-corrected chi connectivity index (χ3v) is 4.53. The van der Waals surface area contributed by atoms with Gasteiger partial charge in [0.25, 0.3) is 0 Å². The summed E-state index contributed by atoms with van der Waals surface area (Å²) in [5.74, 6) is 0. The van der Waals surface area contributed by atoms with Gasteiger partial charge in [-0.1, -0.05) is 68.0 Å². The highest BCUT2D eigenvalue weighted by atomic mass is 14.4. The maximum atomic E-state index is 2.51. The Morgan fingerprint density at radius 1 is 1.25 bits per heavy atom. The molecule has 20 heavy (non-hydrogen) atoms. The molecule has 0 saturated carbocycles. The van der Waals surface area contributed by atoms with E-state index in [1.807, 2.05) is 0 Å². The highest BCUT2D eigenvalue weighted by Gasteiger charge is 2.38. The van der Waals surface area contributed by atoms with Crippen LogP contribution in [0.3, 0.4) is 0 Å². The van der Waals surface area contributed by atoms with Gasteiger partial charge in [0, 0.05) is 5.41 Å². The van der Waals surface area contributed by atoms with Gasteiger partial charge in [0.1, 0.15) is 0 Å². The molecule has 0 heterocycles. The molecule has 0 aliphatic heterocycles.